The first kappa shape index (κ1) is 14.6. The van der Waals surface area contributed by atoms with Crippen LogP contribution in [0.1, 0.15) is 12.8 Å². The Bertz CT molecular complexity index is 756. The Morgan fingerprint density at radius 1 is 1.29 bits per heavy atom. The number of sulfonamides is 1. The second kappa shape index (κ2) is 5.82. The second-order valence-electron chi connectivity index (χ2n) is 5.13. The Balaban J connectivity index is 1.89. The molecule has 1 aromatic heterocycles. The maximum absolute atomic E-state index is 12.4. The van der Waals surface area contributed by atoms with Crippen LogP contribution in [0.4, 0.5) is 5.82 Å². The molecule has 1 saturated heterocycles. The molecule has 2 heterocycles. The number of thioether (sulfide) groups is 1. The minimum Gasteiger partial charge on any atom is -0.384 e. The fraction of sp³-hybridized carbons (Fsp3) is 0.357. The van der Waals surface area contributed by atoms with Gasteiger partial charge >= 0.3 is 0 Å². The Labute approximate surface area is 128 Å². The van der Waals surface area contributed by atoms with Crippen molar-refractivity contribution in [3.05, 3.63) is 30.3 Å². The maximum Gasteiger partial charge on any atom is 0.240 e. The van der Waals surface area contributed by atoms with Crippen molar-refractivity contribution in [2.24, 2.45) is 0 Å². The molecule has 1 aromatic carbocycles. The Kier molecular flexibility index (Phi) is 4.05. The van der Waals surface area contributed by atoms with Gasteiger partial charge in [-0.1, -0.05) is 0 Å². The third-order valence-electron chi connectivity index (χ3n) is 3.47. The van der Waals surface area contributed by atoms with Gasteiger partial charge in [-0.15, -0.1) is 0 Å². The fourth-order valence-corrected chi connectivity index (χ4v) is 4.89. The van der Waals surface area contributed by atoms with Gasteiger partial charge in [-0.3, -0.25) is 0 Å². The van der Waals surface area contributed by atoms with E-state index in [4.69, 9.17) is 5.73 Å². The van der Waals surface area contributed by atoms with Crippen LogP contribution in [-0.4, -0.2) is 30.9 Å². The minimum atomic E-state index is -3.48. The minimum absolute atomic E-state index is 0.0222. The van der Waals surface area contributed by atoms with Crippen molar-refractivity contribution in [3.8, 4) is 0 Å². The van der Waals surface area contributed by atoms with E-state index in [1.54, 1.807) is 42.1 Å². The summed E-state index contributed by atoms with van der Waals surface area (Å²) in [7, 11) is -3.48. The summed E-state index contributed by atoms with van der Waals surface area (Å²) in [5.41, 5.74) is 6.32. The summed E-state index contributed by atoms with van der Waals surface area (Å²) < 4.78 is 27.7. The number of hydrogen-bond acceptors (Lipinski definition) is 5. The first-order chi connectivity index (χ1) is 10.0. The molecule has 2 aromatic rings. The molecule has 1 fully saturated rings. The van der Waals surface area contributed by atoms with E-state index >= 15 is 0 Å². The summed E-state index contributed by atoms with van der Waals surface area (Å²) >= 11 is 1.79. The van der Waals surface area contributed by atoms with Crippen LogP contribution in [0.2, 0.25) is 0 Å². The van der Waals surface area contributed by atoms with Gasteiger partial charge in [-0.25, -0.2) is 18.1 Å². The topological polar surface area (TPSA) is 85.1 Å². The lowest BCUT2D eigenvalue weighted by Gasteiger charge is -2.22. The molecule has 0 bridgehead atoms. The number of anilines is 1. The molecule has 0 amide bonds. The van der Waals surface area contributed by atoms with Crippen LogP contribution in [0.3, 0.4) is 0 Å². The van der Waals surface area contributed by atoms with Crippen molar-refractivity contribution in [2.75, 3.05) is 17.2 Å². The lowest BCUT2D eigenvalue weighted by molar-refractivity contribution is 0.543. The van der Waals surface area contributed by atoms with E-state index in [0.717, 1.165) is 29.7 Å². The van der Waals surface area contributed by atoms with E-state index in [0.29, 0.717) is 11.3 Å². The summed E-state index contributed by atoms with van der Waals surface area (Å²) in [6, 6.07) is 8.38. The monoisotopic (exact) mass is 323 g/mol. The van der Waals surface area contributed by atoms with Crippen molar-refractivity contribution in [1.29, 1.82) is 0 Å². The number of nitrogen functional groups attached to an aromatic ring is 1. The van der Waals surface area contributed by atoms with Gasteiger partial charge < -0.3 is 5.73 Å². The van der Waals surface area contributed by atoms with E-state index in [-0.39, 0.29) is 10.9 Å². The smallest absolute Gasteiger partial charge is 0.240 e. The van der Waals surface area contributed by atoms with Crippen LogP contribution < -0.4 is 10.5 Å². The number of nitrogens with one attached hydrogen (secondary N) is 1. The number of benzene rings is 1. The quantitative estimate of drug-likeness (QED) is 0.902. The summed E-state index contributed by atoms with van der Waals surface area (Å²) in [5.74, 6) is 2.38. The average molecular weight is 323 g/mol. The Morgan fingerprint density at radius 2 is 2.14 bits per heavy atom. The number of nitrogens with zero attached hydrogens (tertiary/aromatic N) is 1. The van der Waals surface area contributed by atoms with Crippen LogP contribution in [0.5, 0.6) is 0 Å². The van der Waals surface area contributed by atoms with Gasteiger partial charge in [0.15, 0.2) is 0 Å². The highest BCUT2D eigenvalue weighted by Gasteiger charge is 2.22. The normalized spacial score (nSPS) is 19.7. The van der Waals surface area contributed by atoms with Crippen molar-refractivity contribution in [2.45, 2.75) is 23.8 Å². The third-order valence-corrected chi connectivity index (χ3v) is 6.21. The standard InChI is InChI=1S/C14H17N3O2S2/c15-14-6-3-10-8-12(4-5-13(10)16-14)21(18,19)17-11-2-1-7-20-9-11/h3-6,8,11,17H,1-2,7,9H2,(H2,15,16). The third kappa shape index (κ3) is 3.30. The van der Waals surface area contributed by atoms with E-state index in [1.807, 2.05) is 0 Å². The molecular formula is C14H17N3O2S2. The molecule has 0 aliphatic carbocycles. The van der Waals surface area contributed by atoms with Gasteiger partial charge in [-0.2, -0.15) is 11.8 Å². The molecule has 1 aliphatic heterocycles. The van der Waals surface area contributed by atoms with Gasteiger partial charge in [0.05, 0.1) is 10.4 Å². The molecule has 7 heteroatoms. The number of aromatic nitrogens is 1. The molecule has 1 aliphatic rings. The van der Waals surface area contributed by atoms with Gasteiger partial charge in [0.25, 0.3) is 0 Å². The van der Waals surface area contributed by atoms with E-state index in [9.17, 15) is 8.42 Å². The maximum atomic E-state index is 12.4. The number of hydrogen-bond donors (Lipinski definition) is 2. The molecule has 112 valence electrons. The molecule has 5 nitrogen and oxygen atoms in total. The number of pyridine rings is 1. The van der Waals surface area contributed by atoms with Crippen molar-refractivity contribution in [3.63, 3.8) is 0 Å². The number of rotatable bonds is 3. The Hall–Kier alpha value is -1.31. The van der Waals surface area contributed by atoms with Crippen molar-refractivity contribution < 1.29 is 8.42 Å². The molecule has 1 atom stereocenters. The summed E-state index contributed by atoms with van der Waals surface area (Å²) in [4.78, 5) is 4.45. The molecule has 0 radical (unpaired) electrons. The molecule has 21 heavy (non-hydrogen) atoms. The first-order valence-electron chi connectivity index (χ1n) is 6.81. The van der Waals surface area contributed by atoms with Crippen LogP contribution in [0.25, 0.3) is 10.9 Å². The van der Waals surface area contributed by atoms with E-state index in [1.165, 1.54) is 0 Å². The summed E-state index contributed by atoms with van der Waals surface area (Å²) in [6.07, 6.45) is 1.96. The summed E-state index contributed by atoms with van der Waals surface area (Å²) in [6.45, 7) is 0. The highest BCUT2D eigenvalue weighted by molar-refractivity contribution is 7.99. The van der Waals surface area contributed by atoms with Gasteiger partial charge in [0, 0.05) is 17.2 Å². The van der Waals surface area contributed by atoms with Gasteiger partial charge in [0.1, 0.15) is 5.82 Å². The largest absolute Gasteiger partial charge is 0.384 e. The van der Waals surface area contributed by atoms with E-state index in [2.05, 4.69) is 9.71 Å². The number of fused-ring (bicyclic) bond motifs is 1. The van der Waals surface area contributed by atoms with Crippen LogP contribution in [-0.2, 0) is 10.0 Å². The second-order valence-corrected chi connectivity index (χ2v) is 7.99. The fourth-order valence-electron chi connectivity index (χ4n) is 2.41. The van der Waals surface area contributed by atoms with E-state index < -0.39 is 10.0 Å². The lowest BCUT2D eigenvalue weighted by atomic mass is 10.2. The first-order valence-corrected chi connectivity index (χ1v) is 9.45. The molecule has 0 saturated carbocycles. The van der Waals surface area contributed by atoms with Crippen LogP contribution in [0, 0.1) is 0 Å². The zero-order valence-electron chi connectivity index (χ0n) is 11.5. The molecule has 1 unspecified atom stereocenters. The summed E-state index contributed by atoms with van der Waals surface area (Å²) in [5, 5.41) is 0.769. The Morgan fingerprint density at radius 3 is 2.90 bits per heavy atom. The highest BCUT2D eigenvalue weighted by Crippen LogP contribution is 2.22. The average Bonchev–Trinajstić information content (AvgIpc) is 2.47. The zero-order chi connectivity index (χ0) is 14.9. The van der Waals surface area contributed by atoms with Crippen LogP contribution >= 0.6 is 11.8 Å². The molecule has 3 rings (SSSR count). The SMILES string of the molecule is Nc1ccc2cc(S(=O)(=O)NC3CCCSC3)ccc2n1. The predicted octanol–water partition coefficient (Wildman–Crippen LogP) is 1.99. The predicted molar refractivity (Wildman–Crippen MR) is 86.8 cm³/mol. The number of nitrogens with two attached hydrogens (primary N) is 1. The highest BCUT2D eigenvalue weighted by atomic mass is 32.2. The zero-order valence-corrected chi connectivity index (χ0v) is 13.1. The van der Waals surface area contributed by atoms with Crippen molar-refractivity contribution in [1.82, 2.24) is 9.71 Å². The molecule has 0 spiro atoms. The van der Waals surface area contributed by atoms with Gasteiger partial charge in [-0.05, 0) is 48.9 Å². The molecule has 3 N–H and O–H groups in total. The van der Waals surface area contributed by atoms with Crippen molar-refractivity contribution >= 4 is 38.5 Å². The molecular weight excluding hydrogens is 306 g/mol. The van der Waals surface area contributed by atoms with Crippen LogP contribution in [0.15, 0.2) is 35.2 Å². The van der Waals surface area contributed by atoms with Gasteiger partial charge in [0.2, 0.25) is 10.0 Å². The lowest BCUT2D eigenvalue weighted by Crippen LogP contribution is -2.38.